The molecule has 0 heterocycles. The minimum absolute atomic E-state index is 0.0131. The summed E-state index contributed by atoms with van der Waals surface area (Å²) in [4.78, 5) is 13.5. The third kappa shape index (κ3) is 4.55. The van der Waals surface area contributed by atoms with Crippen LogP contribution in [-0.4, -0.2) is 35.5 Å². The largest absolute Gasteiger partial charge is 0.508 e. The minimum atomic E-state index is -0.0131. The molecule has 1 aromatic rings. The quantitative estimate of drug-likeness (QED) is 0.831. The van der Waals surface area contributed by atoms with E-state index in [0.29, 0.717) is 24.7 Å². The summed E-state index contributed by atoms with van der Waals surface area (Å²) in [6, 6.07) is 4.93. The zero-order valence-electron chi connectivity index (χ0n) is 10.7. The van der Waals surface area contributed by atoms with Gasteiger partial charge in [0.25, 0.3) is 0 Å². The molecule has 5 heteroatoms. The molecule has 0 unspecified atom stereocenters. The van der Waals surface area contributed by atoms with Crippen molar-refractivity contribution < 1.29 is 9.90 Å². The van der Waals surface area contributed by atoms with Gasteiger partial charge in [0.15, 0.2) is 0 Å². The Bertz CT molecular complexity index is 410. The van der Waals surface area contributed by atoms with Crippen LogP contribution in [-0.2, 0) is 11.3 Å². The molecule has 0 fully saturated rings. The first-order valence-corrected chi connectivity index (χ1v) is 6.41. The van der Waals surface area contributed by atoms with E-state index in [2.05, 4.69) is 5.32 Å². The number of phenolic OH excluding ortho intramolecular Hbond substituents is 1. The van der Waals surface area contributed by atoms with Gasteiger partial charge >= 0.3 is 0 Å². The number of carbonyl (C=O) groups is 1. The molecule has 1 rings (SSSR count). The van der Waals surface area contributed by atoms with Gasteiger partial charge in [0, 0.05) is 23.7 Å². The molecule has 18 heavy (non-hydrogen) atoms. The van der Waals surface area contributed by atoms with Crippen molar-refractivity contribution >= 4 is 17.5 Å². The summed E-state index contributed by atoms with van der Waals surface area (Å²) in [6.07, 6.45) is 0. The third-order valence-electron chi connectivity index (χ3n) is 2.62. The predicted molar refractivity (Wildman–Crippen MR) is 72.8 cm³/mol. The Kier molecular flexibility index (Phi) is 5.95. The van der Waals surface area contributed by atoms with Crippen molar-refractivity contribution in [1.82, 2.24) is 10.2 Å². The van der Waals surface area contributed by atoms with E-state index in [0.717, 1.165) is 12.1 Å². The van der Waals surface area contributed by atoms with E-state index in [1.807, 2.05) is 18.7 Å². The van der Waals surface area contributed by atoms with Gasteiger partial charge in [0.2, 0.25) is 5.91 Å². The van der Waals surface area contributed by atoms with Gasteiger partial charge in [-0.2, -0.15) is 0 Å². The van der Waals surface area contributed by atoms with Gasteiger partial charge in [-0.1, -0.05) is 18.5 Å². The molecule has 1 aromatic carbocycles. The number of benzene rings is 1. The first-order valence-electron chi connectivity index (χ1n) is 6.03. The van der Waals surface area contributed by atoms with E-state index < -0.39 is 0 Å². The molecule has 0 aromatic heterocycles. The average molecular weight is 271 g/mol. The van der Waals surface area contributed by atoms with E-state index in [-0.39, 0.29) is 11.7 Å². The lowest BCUT2D eigenvalue weighted by Crippen LogP contribution is -2.36. The van der Waals surface area contributed by atoms with Gasteiger partial charge in [-0.3, -0.25) is 9.69 Å². The van der Waals surface area contributed by atoms with E-state index in [1.54, 1.807) is 18.2 Å². The van der Waals surface area contributed by atoms with Crippen molar-refractivity contribution in [2.75, 3.05) is 19.6 Å². The van der Waals surface area contributed by atoms with Crippen LogP contribution >= 0.6 is 11.6 Å². The molecule has 4 nitrogen and oxygen atoms in total. The zero-order chi connectivity index (χ0) is 13.5. The maximum absolute atomic E-state index is 11.5. The number of carbonyl (C=O) groups excluding carboxylic acids is 1. The Morgan fingerprint density at radius 1 is 1.44 bits per heavy atom. The molecule has 0 atom stereocenters. The molecule has 0 aliphatic carbocycles. The topological polar surface area (TPSA) is 52.6 Å². The number of aromatic hydroxyl groups is 1. The van der Waals surface area contributed by atoms with Gasteiger partial charge in [-0.05, 0) is 31.7 Å². The van der Waals surface area contributed by atoms with Crippen molar-refractivity contribution in [2.45, 2.75) is 20.4 Å². The molecular formula is C13H19ClN2O2. The summed E-state index contributed by atoms with van der Waals surface area (Å²) in [7, 11) is 0. The van der Waals surface area contributed by atoms with Crippen molar-refractivity contribution in [3.05, 3.63) is 28.8 Å². The molecule has 100 valence electrons. The number of likely N-dealkylation sites (N-methyl/N-ethyl adjacent to an activating group) is 2. The lowest BCUT2D eigenvalue weighted by Gasteiger charge is -2.20. The van der Waals surface area contributed by atoms with Crippen molar-refractivity contribution in [3.63, 3.8) is 0 Å². The lowest BCUT2D eigenvalue weighted by atomic mass is 10.2. The monoisotopic (exact) mass is 270 g/mol. The molecule has 0 saturated heterocycles. The molecule has 2 N–H and O–H groups in total. The maximum Gasteiger partial charge on any atom is 0.234 e. The van der Waals surface area contributed by atoms with Crippen LogP contribution in [0.1, 0.15) is 19.4 Å². The van der Waals surface area contributed by atoms with Crippen LogP contribution in [0.4, 0.5) is 0 Å². The van der Waals surface area contributed by atoms with Gasteiger partial charge < -0.3 is 10.4 Å². The molecule has 0 aliphatic heterocycles. The molecule has 0 aliphatic rings. The summed E-state index contributed by atoms with van der Waals surface area (Å²) in [5.74, 6) is 0.189. The van der Waals surface area contributed by atoms with Crippen LogP contribution < -0.4 is 5.32 Å². The Labute approximate surface area is 113 Å². The SMILES string of the molecule is CCNC(=O)CN(CC)Cc1cc(Cl)ccc1O. The van der Waals surface area contributed by atoms with Gasteiger partial charge in [0.05, 0.1) is 6.54 Å². The highest BCUT2D eigenvalue weighted by atomic mass is 35.5. The van der Waals surface area contributed by atoms with E-state index in [9.17, 15) is 9.90 Å². The minimum Gasteiger partial charge on any atom is -0.508 e. The summed E-state index contributed by atoms with van der Waals surface area (Å²) >= 11 is 5.89. The smallest absolute Gasteiger partial charge is 0.234 e. The Balaban J connectivity index is 2.67. The number of phenols is 1. The lowest BCUT2D eigenvalue weighted by molar-refractivity contribution is -0.122. The van der Waals surface area contributed by atoms with E-state index in [4.69, 9.17) is 11.6 Å². The highest BCUT2D eigenvalue weighted by Crippen LogP contribution is 2.22. The Morgan fingerprint density at radius 2 is 2.17 bits per heavy atom. The molecule has 0 bridgehead atoms. The summed E-state index contributed by atoms with van der Waals surface area (Å²) in [6.45, 7) is 6.02. The van der Waals surface area contributed by atoms with Crippen molar-refractivity contribution in [3.8, 4) is 5.75 Å². The van der Waals surface area contributed by atoms with Crippen LogP contribution in [0.2, 0.25) is 5.02 Å². The molecule has 0 saturated carbocycles. The highest BCUT2D eigenvalue weighted by Gasteiger charge is 2.11. The standard InChI is InChI=1S/C13H19ClN2O2/c1-3-15-13(18)9-16(4-2)8-10-7-11(14)5-6-12(10)17/h5-7,17H,3-4,8-9H2,1-2H3,(H,15,18). The van der Waals surface area contributed by atoms with Gasteiger partial charge in [0.1, 0.15) is 5.75 Å². The average Bonchev–Trinajstić information content (AvgIpc) is 2.33. The van der Waals surface area contributed by atoms with Crippen LogP contribution in [0.25, 0.3) is 0 Å². The molecular weight excluding hydrogens is 252 g/mol. The zero-order valence-corrected chi connectivity index (χ0v) is 11.5. The number of hydrogen-bond acceptors (Lipinski definition) is 3. The van der Waals surface area contributed by atoms with Gasteiger partial charge in [-0.15, -0.1) is 0 Å². The van der Waals surface area contributed by atoms with Crippen molar-refractivity contribution in [2.24, 2.45) is 0 Å². The predicted octanol–water partition coefficient (Wildman–Crippen LogP) is 2.00. The first-order chi connectivity index (χ1) is 8.56. The second kappa shape index (κ2) is 7.24. The molecule has 0 spiro atoms. The number of hydrogen-bond donors (Lipinski definition) is 2. The fourth-order valence-electron chi connectivity index (χ4n) is 1.66. The summed E-state index contributed by atoms with van der Waals surface area (Å²) in [5, 5.41) is 13.1. The second-order valence-corrected chi connectivity index (χ2v) is 4.47. The van der Waals surface area contributed by atoms with Crippen LogP contribution in [0.15, 0.2) is 18.2 Å². The van der Waals surface area contributed by atoms with Crippen LogP contribution in [0, 0.1) is 0 Å². The normalized spacial score (nSPS) is 10.7. The maximum atomic E-state index is 11.5. The molecule has 0 radical (unpaired) electrons. The summed E-state index contributed by atoms with van der Waals surface area (Å²) < 4.78 is 0. The van der Waals surface area contributed by atoms with Crippen molar-refractivity contribution in [1.29, 1.82) is 0 Å². The Morgan fingerprint density at radius 3 is 2.78 bits per heavy atom. The first kappa shape index (κ1) is 14.8. The Hall–Kier alpha value is -1.26. The number of rotatable bonds is 6. The number of nitrogens with zero attached hydrogens (tertiary/aromatic N) is 1. The van der Waals surface area contributed by atoms with Gasteiger partial charge in [-0.25, -0.2) is 0 Å². The van der Waals surface area contributed by atoms with E-state index in [1.165, 1.54) is 0 Å². The fraction of sp³-hybridized carbons (Fsp3) is 0.462. The third-order valence-corrected chi connectivity index (χ3v) is 2.86. The highest BCUT2D eigenvalue weighted by molar-refractivity contribution is 6.30. The number of amides is 1. The second-order valence-electron chi connectivity index (χ2n) is 4.03. The van der Waals surface area contributed by atoms with Crippen LogP contribution in [0.5, 0.6) is 5.75 Å². The van der Waals surface area contributed by atoms with E-state index >= 15 is 0 Å². The summed E-state index contributed by atoms with van der Waals surface area (Å²) in [5.41, 5.74) is 0.730. The number of nitrogens with one attached hydrogen (secondary N) is 1. The molecule has 1 amide bonds. The van der Waals surface area contributed by atoms with Crippen LogP contribution in [0.3, 0.4) is 0 Å². The fourth-order valence-corrected chi connectivity index (χ4v) is 1.85. The number of halogens is 1.